The summed E-state index contributed by atoms with van der Waals surface area (Å²) in [5.41, 5.74) is 1.37. The number of amides is 1. The Morgan fingerprint density at radius 2 is 2.10 bits per heavy atom. The van der Waals surface area contributed by atoms with Crippen molar-refractivity contribution < 1.29 is 14.3 Å². The van der Waals surface area contributed by atoms with Gasteiger partial charge in [-0.15, -0.1) is 11.3 Å². The Balaban J connectivity index is 2.17. The average Bonchev–Trinajstić information content (AvgIpc) is 2.63. The maximum Gasteiger partial charge on any atom is 0.341 e. The van der Waals surface area contributed by atoms with Gasteiger partial charge in [0.25, 0.3) is 0 Å². The fraction of sp³-hybridized carbons (Fsp3) is 0.600. The van der Waals surface area contributed by atoms with Crippen molar-refractivity contribution in [2.45, 2.75) is 27.7 Å². The molecule has 1 fully saturated rings. The summed E-state index contributed by atoms with van der Waals surface area (Å²) in [7, 11) is 0. The quantitative estimate of drug-likeness (QED) is 0.819. The second-order valence-electron chi connectivity index (χ2n) is 5.40. The number of anilines is 1. The van der Waals surface area contributed by atoms with E-state index in [2.05, 4.69) is 10.6 Å². The van der Waals surface area contributed by atoms with Gasteiger partial charge in [-0.05, 0) is 45.3 Å². The molecule has 1 aliphatic heterocycles. The van der Waals surface area contributed by atoms with Gasteiger partial charge < -0.3 is 15.4 Å². The Hall–Kier alpha value is -1.40. The van der Waals surface area contributed by atoms with Crippen LogP contribution in [0.4, 0.5) is 5.00 Å². The maximum atomic E-state index is 12.3. The zero-order chi connectivity index (χ0) is 15.6. The van der Waals surface area contributed by atoms with E-state index in [1.807, 2.05) is 20.8 Å². The summed E-state index contributed by atoms with van der Waals surface area (Å²) < 4.78 is 5.09. The molecule has 1 aromatic heterocycles. The zero-order valence-electron chi connectivity index (χ0n) is 12.9. The molecule has 1 saturated heterocycles. The summed E-state index contributed by atoms with van der Waals surface area (Å²) in [6.07, 6.45) is 0. The molecule has 6 heteroatoms. The zero-order valence-corrected chi connectivity index (χ0v) is 13.7. The molecule has 0 aromatic carbocycles. The molecule has 0 spiro atoms. The largest absolute Gasteiger partial charge is 0.462 e. The van der Waals surface area contributed by atoms with E-state index in [0.717, 1.165) is 23.5 Å². The van der Waals surface area contributed by atoms with Crippen molar-refractivity contribution in [1.29, 1.82) is 0 Å². The van der Waals surface area contributed by atoms with Crippen LogP contribution in [-0.2, 0) is 9.53 Å². The second kappa shape index (κ2) is 6.58. The lowest BCUT2D eigenvalue weighted by molar-refractivity contribution is -0.121. The molecule has 1 aliphatic rings. The summed E-state index contributed by atoms with van der Waals surface area (Å²) in [6, 6.07) is 0. The van der Waals surface area contributed by atoms with Crippen molar-refractivity contribution in [2.75, 3.05) is 25.0 Å². The molecule has 1 aromatic rings. The van der Waals surface area contributed by atoms with E-state index in [-0.39, 0.29) is 17.8 Å². The number of rotatable bonds is 5. The fourth-order valence-electron chi connectivity index (χ4n) is 2.27. The molecule has 1 amide bonds. The molecule has 1 unspecified atom stereocenters. The van der Waals surface area contributed by atoms with E-state index in [1.54, 1.807) is 6.92 Å². The van der Waals surface area contributed by atoms with Crippen molar-refractivity contribution >= 4 is 28.2 Å². The SMILES string of the molecule is CCOC(=O)c1c(NC(=O)C(C)C2CNC2)sc(C)c1C. The Morgan fingerprint density at radius 1 is 1.43 bits per heavy atom. The highest BCUT2D eigenvalue weighted by atomic mass is 32.1. The molecule has 5 nitrogen and oxygen atoms in total. The summed E-state index contributed by atoms with van der Waals surface area (Å²) in [4.78, 5) is 25.4. The highest BCUT2D eigenvalue weighted by Gasteiger charge is 2.30. The van der Waals surface area contributed by atoms with Crippen molar-refractivity contribution in [3.05, 3.63) is 16.0 Å². The molecule has 116 valence electrons. The number of nitrogens with one attached hydrogen (secondary N) is 2. The normalized spacial score (nSPS) is 16.2. The molecule has 2 rings (SSSR count). The van der Waals surface area contributed by atoms with Crippen molar-refractivity contribution in [3.8, 4) is 0 Å². The Labute approximate surface area is 129 Å². The number of thiophene rings is 1. The van der Waals surface area contributed by atoms with Crippen LogP contribution < -0.4 is 10.6 Å². The number of carbonyl (C=O) groups is 2. The third kappa shape index (κ3) is 3.27. The molecule has 0 bridgehead atoms. The first kappa shape index (κ1) is 16.0. The molecular formula is C15H22N2O3S. The van der Waals surface area contributed by atoms with Crippen LogP contribution in [0.5, 0.6) is 0 Å². The molecule has 0 saturated carbocycles. The van der Waals surface area contributed by atoms with Crippen molar-refractivity contribution in [3.63, 3.8) is 0 Å². The first-order chi connectivity index (χ1) is 9.95. The standard InChI is InChI=1S/C15H22N2O3S/c1-5-20-15(19)12-8(2)10(4)21-14(12)17-13(18)9(3)11-6-16-7-11/h9,11,16H,5-7H2,1-4H3,(H,17,18). The first-order valence-corrected chi connectivity index (χ1v) is 8.06. The second-order valence-corrected chi connectivity index (χ2v) is 6.63. The van der Waals surface area contributed by atoms with E-state index in [0.29, 0.717) is 23.1 Å². The first-order valence-electron chi connectivity index (χ1n) is 7.24. The van der Waals surface area contributed by atoms with Crippen molar-refractivity contribution in [1.82, 2.24) is 5.32 Å². The van der Waals surface area contributed by atoms with Gasteiger partial charge in [-0.25, -0.2) is 4.79 Å². The smallest absolute Gasteiger partial charge is 0.341 e. The van der Waals surface area contributed by atoms with Gasteiger partial charge in [0.1, 0.15) is 5.00 Å². The van der Waals surface area contributed by atoms with Crippen LogP contribution in [0.3, 0.4) is 0 Å². The number of aryl methyl sites for hydroxylation is 1. The maximum absolute atomic E-state index is 12.3. The van der Waals surface area contributed by atoms with Gasteiger partial charge in [0, 0.05) is 10.8 Å². The number of ether oxygens (including phenoxy) is 1. The summed E-state index contributed by atoms with van der Waals surface area (Å²) in [6.45, 7) is 9.60. The minimum absolute atomic E-state index is 0.0340. The van der Waals surface area contributed by atoms with Gasteiger partial charge in [0.2, 0.25) is 5.91 Å². The van der Waals surface area contributed by atoms with Crippen LogP contribution in [0.15, 0.2) is 0 Å². The van der Waals surface area contributed by atoms with Crippen molar-refractivity contribution in [2.24, 2.45) is 11.8 Å². The fourth-order valence-corrected chi connectivity index (χ4v) is 3.32. The third-order valence-electron chi connectivity index (χ3n) is 4.04. The van der Waals surface area contributed by atoms with Crippen LogP contribution in [0.25, 0.3) is 0 Å². The molecule has 1 atom stereocenters. The minimum atomic E-state index is -0.368. The van der Waals surface area contributed by atoms with Gasteiger partial charge in [-0.1, -0.05) is 6.92 Å². The molecule has 0 radical (unpaired) electrons. The molecule has 2 heterocycles. The van der Waals surface area contributed by atoms with Crippen LogP contribution in [0.1, 0.15) is 34.6 Å². The highest BCUT2D eigenvalue weighted by Crippen LogP contribution is 2.33. The van der Waals surface area contributed by atoms with Gasteiger partial charge in [-0.3, -0.25) is 4.79 Å². The summed E-state index contributed by atoms with van der Waals surface area (Å²) in [5.74, 6) is -0.0943. The molecule has 2 N–H and O–H groups in total. The van der Waals surface area contributed by atoms with E-state index in [4.69, 9.17) is 4.74 Å². The Morgan fingerprint density at radius 3 is 2.62 bits per heavy atom. The molecule has 21 heavy (non-hydrogen) atoms. The van der Waals surface area contributed by atoms with Crippen LogP contribution in [0, 0.1) is 25.7 Å². The van der Waals surface area contributed by atoms with Gasteiger partial charge >= 0.3 is 5.97 Å². The topological polar surface area (TPSA) is 67.4 Å². The summed E-state index contributed by atoms with van der Waals surface area (Å²) >= 11 is 1.43. The highest BCUT2D eigenvalue weighted by molar-refractivity contribution is 7.16. The number of hydrogen-bond donors (Lipinski definition) is 2. The Bertz CT molecular complexity index is 549. The number of carbonyl (C=O) groups excluding carboxylic acids is 2. The van der Waals surface area contributed by atoms with Gasteiger partial charge in [0.05, 0.1) is 12.2 Å². The van der Waals surface area contributed by atoms with Crippen LogP contribution in [-0.4, -0.2) is 31.6 Å². The lowest BCUT2D eigenvalue weighted by Crippen LogP contribution is -2.48. The van der Waals surface area contributed by atoms with Gasteiger partial charge in [0.15, 0.2) is 0 Å². The number of esters is 1. The predicted octanol–water partition coefficient (Wildman–Crippen LogP) is 2.34. The van der Waals surface area contributed by atoms with E-state index in [9.17, 15) is 9.59 Å². The molecule has 0 aliphatic carbocycles. The van der Waals surface area contributed by atoms with Crippen LogP contribution >= 0.6 is 11.3 Å². The lowest BCUT2D eigenvalue weighted by atomic mass is 9.88. The summed E-state index contributed by atoms with van der Waals surface area (Å²) in [5, 5.41) is 6.68. The third-order valence-corrected chi connectivity index (χ3v) is 5.16. The monoisotopic (exact) mass is 310 g/mol. The van der Waals surface area contributed by atoms with E-state index >= 15 is 0 Å². The predicted molar refractivity (Wildman–Crippen MR) is 83.9 cm³/mol. The Kier molecular flexibility index (Phi) is 5.00. The van der Waals surface area contributed by atoms with Crippen LogP contribution in [0.2, 0.25) is 0 Å². The minimum Gasteiger partial charge on any atom is -0.462 e. The van der Waals surface area contributed by atoms with E-state index in [1.165, 1.54) is 11.3 Å². The van der Waals surface area contributed by atoms with Gasteiger partial charge in [-0.2, -0.15) is 0 Å². The number of hydrogen-bond acceptors (Lipinski definition) is 5. The molecular weight excluding hydrogens is 288 g/mol. The average molecular weight is 310 g/mol. The lowest BCUT2D eigenvalue weighted by Gasteiger charge is -2.31. The van der Waals surface area contributed by atoms with E-state index < -0.39 is 0 Å².